The summed E-state index contributed by atoms with van der Waals surface area (Å²) in [6.45, 7) is 1.58. The van der Waals surface area contributed by atoms with Crippen molar-refractivity contribution in [3.8, 4) is 5.75 Å². The standard InChI is InChI=1S/C20H25N3O6/c1-12-17(19(25)29-14-7-5-3-2-4-6-8-14)18(22-20(26)21-12)13-9-10-16(24)15(11-13)23(27)28/h9-11,14,18,24H,2-8H2,1H3,(H2,21,22,26)/p-1. The van der Waals surface area contributed by atoms with Gasteiger partial charge in [0.15, 0.2) is 0 Å². The molecular weight excluding hydrogens is 378 g/mol. The summed E-state index contributed by atoms with van der Waals surface area (Å²) < 4.78 is 5.74. The van der Waals surface area contributed by atoms with Gasteiger partial charge in [-0.25, -0.2) is 9.59 Å². The number of nitro benzene ring substituents is 1. The van der Waals surface area contributed by atoms with Crippen LogP contribution in [-0.2, 0) is 9.53 Å². The summed E-state index contributed by atoms with van der Waals surface area (Å²) in [4.78, 5) is 35.3. The molecule has 0 bridgehead atoms. The van der Waals surface area contributed by atoms with Gasteiger partial charge in [-0.1, -0.05) is 31.4 Å². The fourth-order valence-corrected chi connectivity index (χ4v) is 3.82. The first kappa shape index (κ1) is 20.6. The number of nitro groups is 1. The molecule has 2 amide bonds. The van der Waals surface area contributed by atoms with Crippen molar-refractivity contribution in [2.75, 3.05) is 0 Å². The first-order chi connectivity index (χ1) is 13.9. The Morgan fingerprint density at radius 1 is 1.17 bits per heavy atom. The summed E-state index contributed by atoms with van der Waals surface area (Å²) in [6, 6.07) is 2.05. The Morgan fingerprint density at radius 2 is 1.83 bits per heavy atom. The fraction of sp³-hybridized carbons (Fsp3) is 0.500. The minimum absolute atomic E-state index is 0.180. The van der Waals surface area contributed by atoms with Crippen LogP contribution in [0.5, 0.6) is 5.75 Å². The lowest BCUT2D eigenvalue weighted by atomic mass is 9.94. The van der Waals surface area contributed by atoms with E-state index >= 15 is 0 Å². The normalized spacial score (nSPS) is 20.9. The van der Waals surface area contributed by atoms with Crippen molar-refractivity contribution < 1.29 is 24.4 Å². The lowest BCUT2D eigenvalue weighted by molar-refractivity contribution is -0.398. The number of urea groups is 1. The quantitative estimate of drug-likeness (QED) is 0.452. The third-order valence-corrected chi connectivity index (χ3v) is 5.33. The Hall–Kier alpha value is -3.10. The summed E-state index contributed by atoms with van der Waals surface area (Å²) in [5, 5.41) is 28.0. The molecule has 0 radical (unpaired) electrons. The van der Waals surface area contributed by atoms with Crippen LogP contribution in [-0.4, -0.2) is 23.0 Å². The smallest absolute Gasteiger partial charge is 0.338 e. The van der Waals surface area contributed by atoms with Crippen LogP contribution in [0.25, 0.3) is 0 Å². The monoisotopic (exact) mass is 402 g/mol. The number of hydrogen-bond acceptors (Lipinski definition) is 6. The predicted molar refractivity (Wildman–Crippen MR) is 102 cm³/mol. The Kier molecular flexibility index (Phi) is 6.36. The summed E-state index contributed by atoms with van der Waals surface area (Å²) in [6.07, 6.45) is 6.79. The summed E-state index contributed by atoms with van der Waals surface area (Å²) in [5.74, 6) is -1.31. The maximum Gasteiger partial charge on any atom is 0.338 e. The van der Waals surface area contributed by atoms with Crippen LogP contribution in [0.3, 0.4) is 0 Å². The van der Waals surface area contributed by atoms with Crippen molar-refractivity contribution in [1.29, 1.82) is 0 Å². The number of ether oxygens (including phenoxy) is 1. The van der Waals surface area contributed by atoms with Crippen LogP contribution in [0, 0.1) is 10.1 Å². The van der Waals surface area contributed by atoms with Gasteiger partial charge in [0.1, 0.15) is 6.10 Å². The molecule has 2 aliphatic rings. The number of allylic oxidation sites excluding steroid dienone is 1. The average Bonchev–Trinajstić information content (AvgIpc) is 2.63. The minimum Gasteiger partial charge on any atom is -0.868 e. The molecule has 9 heteroatoms. The number of carbonyl (C=O) groups excluding carboxylic acids is 2. The molecule has 1 atom stereocenters. The molecule has 29 heavy (non-hydrogen) atoms. The number of nitrogens with one attached hydrogen (secondary N) is 2. The molecule has 1 aromatic carbocycles. The zero-order valence-electron chi connectivity index (χ0n) is 16.2. The molecule has 0 saturated heterocycles. The Morgan fingerprint density at radius 3 is 2.48 bits per heavy atom. The van der Waals surface area contributed by atoms with Gasteiger partial charge in [-0.15, -0.1) is 0 Å². The van der Waals surface area contributed by atoms with Crippen LogP contribution in [0.2, 0.25) is 0 Å². The van der Waals surface area contributed by atoms with Crippen molar-refractivity contribution in [3.05, 3.63) is 45.1 Å². The number of carbonyl (C=O) groups is 2. The Balaban J connectivity index is 1.88. The lowest BCUT2D eigenvalue weighted by Gasteiger charge is -2.30. The van der Waals surface area contributed by atoms with Gasteiger partial charge in [0.05, 0.1) is 16.5 Å². The van der Waals surface area contributed by atoms with Gasteiger partial charge in [-0.3, -0.25) is 10.1 Å². The fourth-order valence-electron chi connectivity index (χ4n) is 3.82. The molecule has 1 saturated carbocycles. The van der Waals surface area contributed by atoms with Crippen molar-refractivity contribution in [1.82, 2.24) is 10.6 Å². The first-order valence-corrected chi connectivity index (χ1v) is 9.81. The van der Waals surface area contributed by atoms with E-state index in [1.165, 1.54) is 12.5 Å². The van der Waals surface area contributed by atoms with Crippen LogP contribution >= 0.6 is 0 Å². The van der Waals surface area contributed by atoms with E-state index in [2.05, 4.69) is 10.6 Å². The van der Waals surface area contributed by atoms with E-state index in [0.717, 1.165) is 50.7 Å². The SMILES string of the molecule is CC1=C(C(=O)OC2CCCCCCC2)C(c2ccc([O-])c([N+](=O)[O-])c2)NC(=O)N1. The molecule has 0 spiro atoms. The molecule has 0 aromatic heterocycles. The molecule has 9 nitrogen and oxygen atoms in total. The number of esters is 1. The highest BCUT2D eigenvalue weighted by molar-refractivity contribution is 5.95. The maximum atomic E-state index is 13.0. The van der Waals surface area contributed by atoms with E-state index in [1.54, 1.807) is 6.92 Å². The third kappa shape index (κ3) is 4.85. The van der Waals surface area contributed by atoms with E-state index in [9.17, 15) is 24.8 Å². The summed E-state index contributed by atoms with van der Waals surface area (Å²) in [5.41, 5.74) is 0.166. The molecular formula is C20H24N3O6-. The van der Waals surface area contributed by atoms with Crippen LogP contribution in [0.1, 0.15) is 63.5 Å². The average molecular weight is 402 g/mol. The Bertz CT molecular complexity index is 843. The number of rotatable bonds is 4. The van der Waals surface area contributed by atoms with Gasteiger partial charge in [0, 0.05) is 11.8 Å². The highest BCUT2D eigenvalue weighted by atomic mass is 16.6. The molecule has 1 aromatic rings. The van der Waals surface area contributed by atoms with Crippen molar-refractivity contribution >= 4 is 17.7 Å². The predicted octanol–water partition coefficient (Wildman–Crippen LogP) is 2.95. The molecule has 156 valence electrons. The molecule has 1 unspecified atom stereocenters. The van der Waals surface area contributed by atoms with Crippen LogP contribution in [0.4, 0.5) is 10.5 Å². The van der Waals surface area contributed by atoms with Crippen LogP contribution < -0.4 is 15.7 Å². The highest BCUT2D eigenvalue weighted by Gasteiger charge is 2.34. The largest absolute Gasteiger partial charge is 0.868 e. The second-order valence-electron chi connectivity index (χ2n) is 7.43. The zero-order chi connectivity index (χ0) is 21.0. The zero-order valence-corrected chi connectivity index (χ0v) is 16.2. The van der Waals surface area contributed by atoms with E-state index in [0.29, 0.717) is 5.70 Å². The second kappa shape index (κ2) is 8.93. The Labute approximate surface area is 168 Å². The first-order valence-electron chi connectivity index (χ1n) is 9.81. The number of benzene rings is 1. The van der Waals surface area contributed by atoms with E-state index in [-0.39, 0.29) is 17.2 Å². The molecule has 3 rings (SSSR count). The molecule has 1 fully saturated rings. The molecule has 1 aliphatic carbocycles. The number of amides is 2. The van der Waals surface area contributed by atoms with E-state index in [4.69, 9.17) is 4.74 Å². The van der Waals surface area contributed by atoms with Gasteiger partial charge in [-0.2, -0.15) is 0 Å². The van der Waals surface area contributed by atoms with Crippen molar-refractivity contribution in [2.24, 2.45) is 0 Å². The number of hydrogen-bond donors (Lipinski definition) is 2. The van der Waals surface area contributed by atoms with E-state index in [1.807, 2.05) is 0 Å². The second-order valence-corrected chi connectivity index (χ2v) is 7.43. The van der Waals surface area contributed by atoms with Gasteiger partial charge in [0.2, 0.25) is 0 Å². The maximum absolute atomic E-state index is 13.0. The van der Waals surface area contributed by atoms with Gasteiger partial charge in [0.25, 0.3) is 5.69 Å². The minimum atomic E-state index is -0.941. The van der Waals surface area contributed by atoms with Crippen LogP contribution in [0.15, 0.2) is 29.5 Å². The summed E-state index contributed by atoms with van der Waals surface area (Å²) in [7, 11) is 0. The van der Waals surface area contributed by atoms with E-state index < -0.39 is 34.4 Å². The van der Waals surface area contributed by atoms with Gasteiger partial charge < -0.3 is 20.5 Å². The summed E-state index contributed by atoms with van der Waals surface area (Å²) >= 11 is 0. The molecule has 1 heterocycles. The topological polar surface area (TPSA) is 134 Å². The van der Waals surface area contributed by atoms with Crippen molar-refractivity contribution in [2.45, 2.75) is 64.0 Å². The number of nitrogens with zero attached hydrogens (tertiary/aromatic N) is 1. The molecule has 2 N–H and O–H groups in total. The van der Waals surface area contributed by atoms with Gasteiger partial charge >= 0.3 is 12.0 Å². The van der Waals surface area contributed by atoms with Crippen molar-refractivity contribution in [3.63, 3.8) is 0 Å². The highest BCUT2D eigenvalue weighted by Crippen LogP contribution is 2.33. The molecule has 1 aliphatic heterocycles. The third-order valence-electron chi connectivity index (χ3n) is 5.33. The lowest BCUT2D eigenvalue weighted by Crippen LogP contribution is -2.45. The van der Waals surface area contributed by atoms with Gasteiger partial charge in [-0.05, 0) is 43.9 Å².